The molecule has 0 aliphatic carbocycles. The predicted octanol–water partition coefficient (Wildman–Crippen LogP) is 4.47. The van der Waals surface area contributed by atoms with Gasteiger partial charge in [-0.2, -0.15) is 0 Å². The Morgan fingerprint density at radius 1 is 1.14 bits per heavy atom. The van der Waals surface area contributed by atoms with E-state index in [1.807, 2.05) is 48.5 Å². The summed E-state index contributed by atoms with van der Waals surface area (Å²) in [6.07, 6.45) is 4.37. The summed E-state index contributed by atoms with van der Waals surface area (Å²) in [7, 11) is 0. The largest absolute Gasteiger partial charge is 0.494 e. The van der Waals surface area contributed by atoms with E-state index in [1.54, 1.807) is 0 Å². The molecule has 1 atom stereocenters. The summed E-state index contributed by atoms with van der Waals surface area (Å²) in [6.45, 7) is 4.31. The van der Waals surface area contributed by atoms with Crippen LogP contribution in [0.1, 0.15) is 32.6 Å². The fraction of sp³-hybridized carbons (Fsp3) is 0.435. The molecule has 0 aromatic heterocycles. The van der Waals surface area contributed by atoms with Crippen LogP contribution in [0.5, 0.6) is 11.5 Å². The highest BCUT2D eigenvalue weighted by atomic mass is 16.5. The lowest BCUT2D eigenvalue weighted by molar-refractivity contribution is -0.114. The Kier molecular flexibility index (Phi) is 8.19. The normalized spacial score (nSPS) is 15.7. The van der Waals surface area contributed by atoms with Gasteiger partial charge in [0.25, 0.3) is 0 Å². The minimum absolute atomic E-state index is 0.134. The van der Waals surface area contributed by atoms with Gasteiger partial charge in [-0.3, -0.25) is 4.79 Å². The van der Waals surface area contributed by atoms with Crippen LogP contribution >= 0.6 is 0 Å². The van der Waals surface area contributed by atoms with Crippen LogP contribution in [0.2, 0.25) is 0 Å². The molecular formula is C23H30N2O4. The molecule has 2 aromatic carbocycles. The van der Waals surface area contributed by atoms with Crippen LogP contribution in [0.25, 0.3) is 0 Å². The highest BCUT2D eigenvalue weighted by Gasteiger charge is 2.17. The third kappa shape index (κ3) is 6.98. The Balaban J connectivity index is 1.45. The fourth-order valence-electron chi connectivity index (χ4n) is 3.03. The first-order chi connectivity index (χ1) is 14.2. The zero-order valence-corrected chi connectivity index (χ0v) is 17.0. The number of nitrogens with one attached hydrogen (secondary N) is 2. The van der Waals surface area contributed by atoms with Gasteiger partial charge in [-0.25, -0.2) is 0 Å². The molecule has 3 rings (SSSR count). The molecule has 1 amide bonds. The molecule has 156 valence electrons. The van der Waals surface area contributed by atoms with Crippen molar-refractivity contribution in [2.24, 2.45) is 0 Å². The van der Waals surface area contributed by atoms with Gasteiger partial charge in [-0.1, -0.05) is 25.5 Å². The maximum Gasteiger partial charge on any atom is 0.243 e. The van der Waals surface area contributed by atoms with Gasteiger partial charge in [-0.05, 0) is 55.7 Å². The van der Waals surface area contributed by atoms with Crippen LogP contribution in [-0.4, -0.2) is 38.4 Å². The lowest BCUT2D eigenvalue weighted by atomic mass is 10.2. The third-order valence-corrected chi connectivity index (χ3v) is 4.68. The highest BCUT2D eigenvalue weighted by Crippen LogP contribution is 2.25. The number of anilines is 2. The molecule has 1 fully saturated rings. The van der Waals surface area contributed by atoms with Crippen molar-refractivity contribution in [2.45, 2.75) is 38.7 Å². The Morgan fingerprint density at radius 3 is 2.72 bits per heavy atom. The Morgan fingerprint density at radius 2 is 1.97 bits per heavy atom. The summed E-state index contributed by atoms with van der Waals surface area (Å²) in [4.78, 5) is 12.4. The second-order valence-electron chi connectivity index (χ2n) is 7.07. The molecule has 0 saturated carbocycles. The van der Waals surface area contributed by atoms with E-state index in [0.29, 0.717) is 18.0 Å². The van der Waals surface area contributed by atoms with Gasteiger partial charge in [0.2, 0.25) is 5.91 Å². The maximum absolute atomic E-state index is 12.4. The van der Waals surface area contributed by atoms with Crippen molar-refractivity contribution in [2.75, 3.05) is 37.0 Å². The number of amides is 1. The quantitative estimate of drug-likeness (QED) is 0.547. The third-order valence-electron chi connectivity index (χ3n) is 4.68. The van der Waals surface area contributed by atoms with E-state index < -0.39 is 0 Å². The maximum atomic E-state index is 12.4. The molecule has 2 N–H and O–H groups in total. The van der Waals surface area contributed by atoms with Gasteiger partial charge in [0.15, 0.2) is 0 Å². The van der Waals surface area contributed by atoms with Crippen molar-refractivity contribution in [1.82, 2.24) is 0 Å². The Labute approximate surface area is 172 Å². The zero-order chi connectivity index (χ0) is 20.3. The molecule has 1 unspecified atom stereocenters. The van der Waals surface area contributed by atoms with Gasteiger partial charge in [0.1, 0.15) is 18.1 Å². The monoisotopic (exact) mass is 398 g/mol. The van der Waals surface area contributed by atoms with Crippen molar-refractivity contribution in [1.29, 1.82) is 0 Å². The van der Waals surface area contributed by atoms with Crippen molar-refractivity contribution in [3.05, 3.63) is 48.5 Å². The summed E-state index contributed by atoms with van der Waals surface area (Å²) in [5.41, 5.74) is 1.53. The van der Waals surface area contributed by atoms with Crippen LogP contribution in [0, 0.1) is 0 Å². The van der Waals surface area contributed by atoms with E-state index >= 15 is 0 Å². The van der Waals surface area contributed by atoms with Gasteiger partial charge in [0, 0.05) is 12.3 Å². The summed E-state index contributed by atoms with van der Waals surface area (Å²) in [5.74, 6) is 1.36. The van der Waals surface area contributed by atoms with Gasteiger partial charge >= 0.3 is 0 Å². The first-order valence-electron chi connectivity index (χ1n) is 10.3. The van der Waals surface area contributed by atoms with Crippen LogP contribution in [0.3, 0.4) is 0 Å². The molecule has 1 aliphatic heterocycles. The molecule has 6 heteroatoms. The van der Waals surface area contributed by atoms with E-state index in [0.717, 1.165) is 50.3 Å². The Hall–Kier alpha value is -2.73. The molecule has 1 saturated heterocycles. The van der Waals surface area contributed by atoms with E-state index in [9.17, 15) is 4.79 Å². The molecular weight excluding hydrogens is 368 g/mol. The molecule has 1 aliphatic rings. The van der Waals surface area contributed by atoms with Crippen molar-refractivity contribution < 1.29 is 19.0 Å². The molecule has 0 bridgehead atoms. The molecule has 0 spiro atoms. The van der Waals surface area contributed by atoms with Crippen LogP contribution < -0.4 is 20.1 Å². The number of ether oxygens (including phenoxy) is 3. The SMILES string of the molecule is CCCCOc1ccc(NCC(=O)Nc2ccccc2OCC2CCCO2)cc1. The topological polar surface area (TPSA) is 68.8 Å². The first kappa shape index (κ1) is 21.0. The minimum Gasteiger partial charge on any atom is -0.494 e. The number of rotatable bonds is 11. The smallest absolute Gasteiger partial charge is 0.243 e. The standard InChI is InChI=1S/C23H30N2O4/c1-2-3-14-27-19-12-10-18(11-13-19)24-16-23(26)25-21-8-4-5-9-22(21)29-17-20-7-6-15-28-20/h4-5,8-13,20,24H,2-3,6-7,14-17H2,1H3,(H,25,26). The lowest BCUT2D eigenvalue weighted by Crippen LogP contribution is -2.22. The average Bonchev–Trinajstić information content (AvgIpc) is 3.26. The first-order valence-corrected chi connectivity index (χ1v) is 10.3. The second-order valence-corrected chi connectivity index (χ2v) is 7.07. The van der Waals surface area contributed by atoms with Crippen molar-refractivity contribution >= 4 is 17.3 Å². The molecule has 29 heavy (non-hydrogen) atoms. The van der Waals surface area contributed by atoms with E-state index in [-0.39, 0.29) is 18.6 Å². The number of benzene rings is 2. The van der Waals surface area contributed by atoms with Crippen LogP contribution in [0.15, 0.2) is 48.5 Å². The van der Waals surface area contributed by atoms with Crippen LogP contribution in [-0.2, 0) is 9.53 Å². The summed E-state index contributed by atoms with van der Waals surface area (Å²) >= 11 is 0. The van der Waals surface area contributed by atoms with E-state index in [2.05, 4.69) is 17.6 Å². The Bertz CT molecular complexity index is 758. The lowest BCUT2D eigenvalue weighted by Gasteiger charge is -2.15. The summed E-state index contributed by atoms with van der Waals surface area (Å²) in [5, 5.41) is 6.04. The van der Waals surface area contributed by atoms with Gasteiger partial charge < -0.3 is 24.8 Å². The second kappa shape index (κ2) is 11.3. The molecule has 1 heterocycles. The average molecular weight is 399 g/mol. The molecule has 2 aromatic rings. The number of para-hydroxylation sites is 2. The van der Waals surface area contributed by atoms with E-state index in [4.69, 9.17) is 14.2 Å². The number of hydrogen-bond acceptors (Lipinski definition) is 5. The number of carbonyl (C=O) groups is 1. The molecule has 0 radical (unpaired) electrons. The fourth-order valence-corrected chi connectivity index (χ4v) is 3.03. The number of hydrogen-bond donors (Lipinski definition) is 2. The zero-order valence-electron chi connectivity index (χ0n) is 17.0. The summed E-state index contributed by atoms with van der Waals surface area (Å²) in [6, 6.07) is 15.1. The molecule has 6 nitrogen and oxygen atoms in total. The number of carbonyl (C=O) groups excluding carboxylic acids is 1. The highest BCUT2D eigenvalue weighted by molar-refractivity contribution is 5.95. The van der Waals surface area contributed by atoms with Crippen molar-refractivity contribution in [3.63, 3.8) is 0 Å². The van der Waals surface area contributed by atoms with Gasteiger partial charge in [-0.15, -0.1) is 0 Å². The van der Waals surface area contributed by atoms with Crippen LogP contribution in [0.4, 0.5) is 11.4 Å². The van der Waals surface area contributed by atoms with E-state index in [1.165, 1.54) is 0 Å². The number of unbranched alkanes of at least 4 members (excludes halogenated alkanes) is 1. The van der Waals surface area contributed by atoms with Gasteiger partial charge in [0.05, 0.1) is 24.9 Å². The predicted molar refractivity (Wildman–Crippen MR) is 115 cm³/mol. The minimum atomic E-state index is -0.138. The van der Waals surface area contributed by atoms with Crippen molar-refractivity contribution in [3.8, 4) is 11.5 Å². The summed E-state index contributed by atoms with van der Waals surface area (Å²) < 4.78 is 17.1.